The van der Waals surface area contributed by atoms with Gasteiger partial charge in [-0.15, -0.1) is 0 Å². The van der Waals surface area contributed by atoms with Gasteiger partial charge in [-0.1, -0.05) is 42.2 Å². The van der Waals surface area contributed by atoms with Crippen LogP contribution in [0.15, 0.2) is 29.2 Å². The number of primary amides is 1. The summed E-state index contributed by atoms with van der Waals surface area (Å²) in [6.07, 6.45) is 1.71. The van der Waals surface area contributed by atoms with Crippen LogP contribution in [0.3, 0.4) is 0 Å². The average Bonchev–Trinajstić information content (AvgIpc) is 2.72. The standard InChI is InChI=1S/C14H14N2O3S2/c1-2-16-13(18)11(21-14(16)20)7-9-5-3-4-6-10(9)19-8-12(15)17/h3-7H,2,8H2,1H3,(H2,15,17)/b11-7-. The second-order valence-corrected chi connectivity index (χ2v) is 5.89. The summed E-state index contributed by atoms with van der Waals surface area (Å²) >= 11 is 6.42. The summed E-state index contributed by atoms with van der Waals surface area (Å²) in [6, 6.07) is 7.12. The van der Waals surface area contributed by atoms with Crippen molar-refractivity contribution in [2.45, 2.75) is 6.92 Å². The van der Waals surface area contributed by atoms with Crippen LogP contribution >= 0.6 is 24.0 Å². The molecule has 0 saturated carbocycles. The van der Waals surface area contributed by atoms with E-state index in [0.717, 1.165) is 0 Å². The monoisotopic (exact) mass is 322 g/mol. The molecule has 0 aromatic heterocycles. The Morgan fingerprint density at radius 2 is 2.19 bits per heavy atom. The van der Waals surface area contributed by atoms with Crippen LogP contribution in [0.2, 0.25) is 0 Å². The third-order valence-electron chi connectivity index (χ3n) is 2.77. The van der Waals surface area contributed by atoms with E-state index >= 15 is 0 Å². The fourth-order valence-corrected chi connectivity index (χ4v) is 3.17. The summed E-state index contributed by atoms with van der Waals surface area (Å²) in [7, 11) is 0. The summed E-state index contributed by atoms with van der Waals surface area (Å²) in [6.45, 7) is 2.21. The summed E-state index contributed by atoms with van der Waals surface area (Å²) < 4.78 is 5.88. The molecule has 5 nitrogen and oxygen atoms in total. The third kappa shape index (κ3) is 3.62. The van der Waals surface area contributed by atoms with Crippen LogP contribution in [0.1, 0.15) is 12.5 Å². The fraction of sp³-hybridized carbons (Fsp3) is 0.214. The first-order chi connectivity index (χ1) is 10.0. The van der Waals surface area contributed by atoms with Crippen molar-refractivity contribution >= 4 is 46.2 Å². The van der Waals surface area contributed by atoms with Crippen molar-refractivity contribution in [2.24, 2.45) is 5.73 Å². The number of benzene rings is 1. The molecule has 21 heavy (non-hydrogen) atoms. The molecule has 0 bridgehead atoms. The van der Waals surface area contributed by atoms with Crippen LogP contribution in [0.4, 0.5) is 0 Å². The predicted octanol–water partition coefficient (Wildman–Crippen LogP) is 1.77. The van der Waals surface area contributed by atoms with Gasteiger partial charge in [0.25, 0.3) is 11.8 Å². The van der Waals surface area contributed by atoms with Gasteiger partial charge in [0.15, 0.2) is 6.61 Å². The van der Waals surface area contributed by atoms with Crippen LogP contribution in [-0.4, -0.2) is 34.2 Å². The maximum Gasteiger partial charge on any atom is 0.266 e. The maximum absolute atomic E-state index is 12.2. The molecule has 2 rings (SSSR count). The Labute approximate surface area is 132 Å². The molecule has 1 aromatic carbocycles. The lowest BCUT2D eigenvalue weighted by Gasteiger charge is -2.10. The zero-order chi connectivity index (χ0) is 15.4. The highest BCUT2D eigenvalue weighted by atomic mass is 32.2. The molecule has 1 heterocycles. The van der Waals surface area contributed by atoms with Crippen LogP contribution in [0, 0.1) is 0 Å². The molecule has 7 heteroatoms. The Balaban J connectivity index is 2.27. The highest BCUT2D eigenvalue weighted by Crippen LogP contribution is 2.33. The lowest BCUT2D eigenvalue weighted by molar-refractivity contribution is -0.122. The zero-order valence-corrected chi connectivity index (χ0v) is 13.0. The molecular formula is C14H14N2O3S2. The fourth-order valence-electron chi connectivity index (χ4n) is 1.79. The molecule has 0 radical (unpaired) electrons. The van der Waals surface area contributed by atoms with Gasteiger partial charge in [-0.3, -0.25) is 14.5 Å². The Bertz CT molecular complexity index is 628. The quantitative estimate of drug-likeness (QED) is 0.661. The molecule has 1 fully saturated rings. The van der Waals surface area contributed by atoms with Gasteiger partial charge < -0.3 is 10.5 Å². The largest absolute Gasteiger partial charge is 0.483 e. The molecule has 110 valence electrons. The van der Waals surface area contributed by atoms with E-state index in [1.54, 1.807) is 29.2 Å². The smallest absolute Gasteiger partial charge is 0.266 e. The topological polar surface area (TPSA) is 72.6 Å². The van der Waals surface area contributed by atoms with Gasteiger partial charge in [-0.25, -0.2) is 0 Å². The Kier molecular flexibility index (Phi) is 4.98. The predicted molar refractivity (Wildman–Crippen MR) is 86.7 cm³/mol. The minimum atomic E-state index is -0.554. The maximum atomic E-state index is 12.2. The molecule has 2 N–H and O–H groups in total. The van der Waals surface area contributed by atoms with Crippen molar-refractivity contribution in [1.29, 1.82) is 0 Å². The Hall–Kier alpha value is -1.86. The number of nitrogens with two attached hydrogens (primary N) is 1. The second-order valence-electron chi connectivity index (χ2n) is 4.22. The summed E-state index contributed by atoms with van der Waals surface area (Å²) in [5.41, 5.74) is 5.77. The first-order valence-electron chi connectivity index (χ1n) is 6.28. The molecule has 1 saturated heterocycles. The van der Waals surface area contributed by atoms with E-state index in [9.17, 15) is 9.59 Å². The molecule has 1 aliphatic heterocycles. The van der Waals surface area contributed by atoms with Crippen molar-refractivity contribution in [3.63, 3.8) is 0 Å². The van der Waals surface area contributed by atoms with E-state index < -0.39 is 5.91 Å². The van der Waals surface area contributed by atoms with Gasteiger partial charge in [0.05, 0.1) is 4.91 Å². The van der Waals surface area contributed by atoms with Gasteiger partial charge in [0, 0.05) is 12.1 Å². The number of thioether (sulfide) groups is 1. The van der Waals surface area contributed by atoms with E-state index in [1.807, 2.05) is 13.0 Å². The second kappa shape index (κ2) is 6.73. The Morgan fingerprint density at radius 1 is 1.48 bits per heavy atom. The molecule has 2 amide bonds. The van der Waals surface area contributed by atoms with E-state index in [4.69, 9.17) is 22.7 Å². The summed E-state index contributed by atoms with van der Waals surface area (Å²) in [4.78, 5) is 25.0. The van der Waals surface area contributed by atoms with Crippen LogP contribution in [0.5, 0.6) is 5.75 Å². The van der Waals surface area contributed by atoms with E-state index in [-0.39, 0.29) is 12.5 Å². The van der Waals surface area contributed by atoms with E-state index in [2.05, 4.69) is 0 Å². The van der Waals surface area contributed by atoms with Gasteiger partial charge >= 0.3 is 0 Å². The number of likely N-dealkylation sites (N-methyl/N-ethyl adjacent to an activating group) is 1. The molecule has 0 atom stereocenters. The number of hydrogen-bond donors (Lipinski definition) is 1. The number of thiocarbonyl (C=S) groups is 1. The number of carbonyl (C=O) groups is 2. The van der Waals surface area contributed by atoms with Gasteiger partial charge in [0.1, 0.15) is 10.1 Å². The molecule has 0 spiro atoms. The minimum Gasteiger partial charge on any atom is -0.483 e. The number of hydrogen-bond acceptors (Lipinski definition) is 5. The first-order valence-corrected chi connectivity index (χ1v) is 7.51. The van der Waals surface area contributed by atoms with Crippen molar-refractivity contribution in [1.82, 2.24) is 4.90 Å². The van der Waals surface area contributed by atoms with Crippen molar-refractivity contribution in [3.05, 3.63) is 34.7 Å². The number of para-hydroxylation sites is 1. The number of ether oxygens (including phenoxy) is 1. The lowest BCUT2D eigenvalue weighted by Crippen LogP contribution is -2.27. The Morgan fingerprint density at radius 3 is 2.81 bits per heavy atom. The number of rotatable bonds is 5. The van der Waals surface area contributed by atoms with Crippen LogP contribution in [0.25, 0.3) is 6.08 Å². The highest BCUT2D eigenvalue weighted by molar-refractivity contribution is 8.26. The van der Waals surface area contributed by atoms with Crippen molar-refractivity contribution in [2.75, 3.05) is 13.2 Å². The summed E-state index contributed by atoms with van der Waals surface area (Å²) in [5.74, 6) is -0.169. The number of carbonyl (C=O) groups excluding carboxylic acids is 2. The van der Waals surface area contributed by atoms with Crippen LogP contribution in [-0.2, 0) is 9.59 Å². The average molecular weight is 322 g/mol. The van der Waals surface area contributed by atoms with E-state index in [1.165, 1.54) is 11.8 Å². The highest BCUT2D eigenvalue weighted by Gasteiger charge is 2.30. The SMILES string of the molecule is CCN1C(=O)/C(=C/c2ccccc2OCC(N)=O)SC1=S. The number of nitrogens with zero attached hydrogens (tertiary/aromatic N) is 1. The van der Waals surface area contributed by atoms with Gasteiger partial charge in [-0.05, 0) is 19.1 Å². The van der Waals surface area contributed by atoms with Crippen molar-refractivity contribution in [3.8, 4) is 5.75 Å². The normalized spacial score (nSPS) is 16.6. The molecule has 0 aliphatic carbocycles. The number of amides is 2. The van der Waals surface area contributed by atoms with Crippen molar-refractivity contribution < 1.29 is 14.3 Å². The first kappa shape index (κ1) is 15.5. The third-order valence-corrected chi connectivity index (χ3v) is 4.14. The minimum absolute atomic E-state index is 0.114. The molecular weight excluding hydrogens is 308 g/mol. The van der Waals surface area contributed by atoms with E-state index in [0.29, 0.717) is 27.1 Å². The van der Waals surface area contributed by atoms with Gasteiger partial charge in [0.2, 0.25) is 0 Å². The zero-order valence-electron chi connectivity index (χ0n) is 11.4. The van der Waals surface area contributed by atoms with Gasteiger partial charge in [-0.2, -0.15) is 0 Å². The lowest BCUT2D eigenvalue weighted by atomic mass is 10.2. The van der Waals surface area contributed by atoms with Crippen LogP contribution < -0.4 is 10.5 Å². The molecule has 1 aromatic rings. The molecule has 0 unspecified atom stereocenters. The summed E-state index contributed by atoms with van der Waals surface area (Å²) in [5, 5.41) is 0. The molecule has 1 aliphatic rings.